The summed E-state index contributed by atoms with van der Waals surface area (Å²) in [5, 5.41) is 8.99. The third-order valence-electron chi connectivity index (χ3n) is 4.50. The molecule has 0 radical (unpaired) electrons. The zero-order valence-corrected chi connectivity index (χ0v) is 15.1. The molecule has 3 aromatic rings. The Labute approximate surface area is 144 Å². The van der Waals surface area contributed by atoms with Crippen molar-refractivity contribution in [3.8, 4) is 16.9 Å². The molecule has 3 heteroatoms. The molecule has 0 fully saturated rings. The van der Waals surface area contributed by atoms with Crippen molar-refractivity contribution in [2.24, 2.45) is 0 Å². The van der Waals surface area contributed by atoms with E-state index in [-0.39, 0.29) is 0 Å². The second-order valence-electron chi connectivity index (χ2n) is 6.90. The Morgan fingerprint density at radius 2 is 1.38 bits per heavy atom. The molecule has 0 N–H and O–H groups in total. The van der Waals surface area contributed by atoms with E-state index in [1.807, 2.05) is 22.9 Å². The molecule has 3 nitrogen and oxygen atoms in total. The van der Waals surface area contributed by atoms with Gasteiger partial charge in [0.25, 0.3) is 0 Å². The van der Waals surface area contributed by atoms with Crippen LogP contribution in [0.25, 0.3) is 16.9 Å². The van der Waals surface area contributed by atoms with Gasteiger partial charge in [-0.05, 0) is 29.9 Å². The highest BCUT2D eigenvalue weighted by atomic mass is 15.4. The van der Waals surface area contributed by atoms with Gasteiger partial charge in [0.1, 0.15) is 5.69 Å². The van der Waals surface area contributed by atoms with Crippen molar-refractivity contribution in [1.29, 1.82) is 0 Å². The van der Waals surface area contributed by atoms with Gasteiger partial charge in [-0.15, -0.1) is 5.10 Å². The maximum absolute atomic E-state index is 4.52. The summed E-state index contributed by atoms with van der Waals surface area (Å²) in [5.41, 5.74) is 6.95. The first-order valence-corrected chi connectivity index (χ1v) is 8.61. The summed E-state index contributed by atoms with van der Waals surface area (Å²) < 4.78 is 2.02. The lowest BCUT2D eigenvalue weighted by Gasteiger charge is -2.20. The molecule has 0 unspecified atom stereocenters. The Morgan fingerprint density at radius 1 is 0.792 bits per heavy atom. The lowest BCUT2D eigenvalue weighted by Crippen LogP contribution is -2.09. The predicted octanol–water partition coefficient (Wildman–Crippen LogP) is 5.49. The summed E-state index contributed by atoms with van der Waals surface area (Å²) in [4.78, 5) is 0. The molecular weight excluding hydrogens is 294 g/mol. The van der Waals surface area contributed by atoms with E-state index in [1.165, 1.54) is 16.8 Å². The van der Waals surface area contributed by atoms with Gasteiger partial charge in [0, 0.05) is 5.56 Å². The monoisotopic (exact) mass is 319 g/mol. The molecule has 0 saturated heterocycles. The quantitative estimate of drug-likeness (QED) is 0.636. The van der Waals surface area contributed by atoms with Crippen LogP contribution in [0.5, 0.6) is 0 Å². The standard InChI is InChI=1S/C21H25N3/c1-14(2)18-12-9-13-19(15(3)4)21(18)24-16(5)20(22-23-24)17-10-7-6-8-11-17/h6-15H,1-5H3. The maximum atomic E-state index is 4.52. The molecule has 3 rings (SSSR count). The normalized spacial score (nSPS) is 11.5. The summed E-state index contributed by atoms with van der Waals surface area (Å²) in [7, 11) is 0. The first-order chi connectivity index (χ1) is 11.5. The summed E-state index contributed by atoms with van der Waals surface area (Å²) in [6, 6.07) is 16.8. The van der Waals surface area contributed by atoms with Gasteiger partial charge >= 0.3 is 0 Å². The molecule has 1 aromatic heterocycles. The first kappa shape index (κ1) is 16.4. The number of aromatic nitrogens is 3. The highest BCUT2D eigenvalue weighted by molar-refractivity contribution is 5.63. The largest absolute Gasteiger partial charge is 0.217 e. The van der Waals surface area contributed by atoms with E-state index in [4.69, 9.17) is 0 Å². The molecule has 0 aliphatic carbocycles. The number of benzene rings is 2. The van der Waals surface area contributed by atoms with Crippen LogP contribution < -0.4 is 0 Å². The highest BCUT2D eigenvalue weighted by Crippen LogP contribution is 2.32. The molecule has 0 spiro atoms. The lowest BCUT2D eigenvalue weighted by atomic mass is 9.92. The van der Waals surface area contributed by atoms with Crippen molar-refractivity contribution >= 4 is 0 Å². The third kappa shape index (κ3) is 2.86. The Hall–Kier alpha value is -2.42. The zero-order chi connectivity index (χ0) is 17.3. The average molecular weight is 319 g/mol. The van der Waals surface area contributed by atoms with Gasteiger partial charge in [0.05, 0.1) is 11.4 Å². The minimum Gasteiger partial charge on any atom is -0.217 e. The van der Waals surface area contributed by atoms with E-state index in [1.54, 1.807) is 0 Å². The SMILES string of the molecule is Cc1c(-c2ccccc2)nnn1-c1c(C(C)C)cccc1C(C)C. The molecule has 0 aliphatic rings. The van der Waals surface area contributed by atoms with Gasteiger partial charge in [-0.1, -0.05) is 81.4 Å². The minimum absolute atomic E-state index is 0.433. The van der Waals surface area contributed by atoms with Crippen LogP contribution in [-0.4, -0.2) is 15.0 Å². The summed E-state index contributed by atoms with van der Waals surface area (Å²) in [6.45, 7) is 11.0. The van der Waals surface area contributed by atoms with Crippen molar-refractivity contribution in [3.05, 3.63) is 65.4 Å². The molecule has 0 saturated carbocycles. The fourth-order valence-electron chi connectivity index (χ4n) is 3.16. The van der Waals surface area contributed by atoms with Gasteiger partial charge in [0.2, 0.25) is 0 Å². The van der Waals surface area contributed by atoms with E-state index in [2.05, 4.69) is 75.3 Å². The van der Waals surface area contributed by atoms with Crippen molar-refractivity contribution in [2.45, 2.75) is 46.5 Å². The molecule has 124 valence electrons. The van der Waals surface area contributed by atoms with Gasteiger partial charge in [0.15, 0.2) is 0 Å². The fraction of sp³-hybridized carbons (Fsp3) is 0.333. The molecule has 1 heterocycles. The minimum atomic E-state index is 0.433. The molecular formula is C21H25N3. The van der Waals surface area contributed by atoms with Crippen molar-refractivity contribution in [3.63, 3.8) is 0 Å². The predicted molar refractivity (Wildman–Crippen MR) is 99.7 cm³/mol. The molecule has 0 atom stereocenters. The van der Waals surface area contributed by atoms with Crippen molar-refractivity contribution in [2.75, 3.05) is 0 Å². The highest BCUT2D eigenvalue weighted by Gasteiger charge is 2.20. The number of rotatable bonds is 4. The summed E-state index contributed by atoms with van der Waals surface area (Å²) in [6.07, 6.45) is 0. The average Bonchev–Trinajstić information content (AvgIpc) is 2.96. The topological polar surface area (TPSA) is 30.7 Å². The van der Waals surface area contributed by atoms with Crippen LogP contribution in [0.3, 0.4) is 0 Å². The smallest absolute Gasteiger partial charge is 0.116 e. The number of hydrogen-bond acceptors (Lipinski definition) is 2. The molecule has 2 aromatic carbocycles. The summed E-state index contributed by atoms with van der Waals surface area (Å²) in [5.74, 6) is 0.866. The second kappa shape index (κ2) is 6.60. The molecule has 0 amide bonds. The van der Waals surface area contributed by atoms with E-state index < -0.39 is 0 Å². The van der Waals surface area contributed by atoms with Crippen molar-refractivity contribution < 1.29 is 0 Å². The van der Waals surface area contributed by atoms with E-state index in [0.29, 0.717) is 11.8 Å². The molecule has 0 bridgehead atoms. The van der Waals surface area contributed by atoms with Crippen LogP contribution in [0.4, 0.5) is 0 Å². The van der Waals surface area contributed by atoms with E-state index >= 15 is 0 Å². The number of nitrogens with zero attached hydrogens (tertiary/aromatic N) is 3. The molecule has 0 aliphatic heterocycles. The first-order valence-electron chi connectivity index (χ1n) is 8.61. The van der Waals surface area contributed by atoms with Gasteiger partial charge < -0.3 is 0 Å². The van der Waals surface area contributed by atoms with Crippen molar-refractivity contribution in [1.82, 2.24) is 15.0 Å². The van der Waals surface area contributed by atoms with E-state index in [9.17, 15) is 0 Å². The van der Waals surface area contributed by atoms with Gasteiger partial charge in [-0.25, -0.2) is 4.68 Å². The van der Waals surface area contributed by atoms with Crippen LogP contribution in [0.15, 0.2) is 48.5 Å². The van der Waals surface area contributed by atoms with Crippen LogP contribution in [0.1, 0.15) is 56.4 Å². The number of para-hydroxylation sites is 1. The van der Waals surface area contributed by atoms with Crippen LogP contribution in [-0.2, 0) is 0 Å². The fourth-order valence-corrected chi connectivity index (χ4v) is 3.16. The third-order valence-corrected chi connectivity index (χ3v) is 4.50. The van der Waals surface area contributed by atoms with Crippen LogP contribution >= 0.6 is 0 Å². The Kier molecular flexibility index (Phi) is 4.52. The van der Waals surface area contributed by atoms with Gasteiger partial charge in [-0.3, -0.25) is 0 Å². The van der Waals surface area contributed by atoms with Crippen LogP contribution in [0.2, 0.25) is 0 Å². The second-order valence-corrected chi connectivity index (χ2v) is 6.90. The van der Waals surface area contributed by atoms with Gasteiger partial charge in [-0.2, -0.15) is 0 Å². The van der Waals surface area contributed by atoms with E-state index in [0.717, 1.165) is 17.0 Å². The van der Waals surface area contributed by atoms with Crippen LogP contribution in [0, 0.1) is 6.92 Å². The Morgan fingerprint density at radius 3 is 1.92 bits per heavy atom. The lowest BCUT2D eigenvalue weighted by molar-refractivity contribution is 0.731. The Bertz CT molecular complexity index is 803. The summed E-state index contributed by atoms with van der Waals surface area (Å²) >= 11 is 0. The molecule has 24 heavy (non-hydrogen) atoms. The number of hydrogen-bond donors (Lipinski definition) is 0. The Balaban J connectivity index is 2.22. The maximum Gasteiger partial charge on any atom is 0.116 e. The zero-order valence-electron chi connectivity index (χ0n) is 15.1.